The van der Waals surface area contributed by atoms with Gasteiger partial charge < -0.3 is 15.5 Å². The Hall–Kier alpha value is -0.770. The van der Waals surface area contributed by atoms with Gasteiger partial charge in [-0.3, -0.25) is 0 Å². The minimum atomic E-state index is -0.224. The van der Waals surface area contributed by atoms with Crippen molar-refractivity contribution in [1.29, 1.82) is 0 Å². The number of nitrogens with zero attached hydrogens (tertiary/aromatic N) is 2. The lowest BCUT2D eigenvalue weighted by molar-refractivity contribution is 0.0972. The van der Waals surface area contributed by atoms with E-state index in [1.54, 1.807) is 0 Å². The molecule has 1 rings (SSSR count). The fourth-order valence-electron chi connectivity index (χ4n) is 2.32. The predicted octanol–water partition coefficient (Wildman–Crippen LogP) is 1.90. The summed E-state index contributed by atoms with van der Waals surface area (Å²) in [5.74, 6) is 0.617. The number of carbonyl (C=O) groups excluding carboxylic acids is 1. The van der Waals surface area contributed by atoms with E-state index in [1.165, 1.54) is 6.42 Å². The van der Waals surface area contributed by atoms with Crippen molar-refractivity contribution in [1.82, 2.24) is 9.80 Å². The van der Waals surface area contributed by atoms with Crippen LogP contribution in [0.4, 0.5) is 4.79 Å². The van der Waals surface area contributed by atoms with Crippen LogP contribution in [0.15, 0.2) is 0 Å². The summed E-state index contributed by atoms with van der Waals surface area (Å²) in [7, 11) is 1.87. The molecule has 1 heterocycles. The van der Waals surface area contributed by atoms with E-state index in [2.05, 4.69) is 20.8 Å². The average molecular weight is 241 g/mol. The highest BCUT2D eigenvalue weighted by Crippen LogP contribution is 2.21. The number of hydrogen-bond donors (Lipinski definition) is 1. The minimum Gasteiger partial charge on any atom is -0.328 e. The second-order valence-corrected chi connectivity index (χ2v) is 5.59. The van der Waals surface area contributed by atoms with Crippen LogP contribution >= 0.6 is 0 Å². The van der Waals surface area contributed by atoms with E-state index < -0.39 is 0 Å². The zero-order valence-corrected chi connectivity index (χ0v) is 11.7. The first-order chi connectivity index (χ1) is 7.94. The molecular formula is C13H27N3O. The summed E-state index contributed by atoms with van der Waals surface area (Å²) < 4.78 is 0. The maximum atomic E-state index is 12.4. The lowest BCUT2D eigenvalue weighted by Gasteiger charge is -2.42. The number of urea groups is 1. The molecule has 0 saturated carbocycles. The van der Waals surface area contributed by atoms with E-state index in [0.29, 0.717) is 12.5 Å². The largest absolute Gasteiger partial charge is 0.328 e. The van der Waals surface area contributed by atoms with Crippen molar-refractivity contribution >= 4 is 6.03 Å². The van der Waals surface area contributed by atoms with E-state index in [0.717, 1.165) is 25.9 Å². The highest BCUT2D eigenvalue weighted by Gasteiger charge is 2.33. The number of amides is 2. The summed E-state index contributed by atoms with van der Waals surface area (Å²) in [5.41, 5.74) is 5.58. The Kier molecular flexibility index (Phi) is 4.80. The quantitative estimate of drug-likeness (QED) is 0.820. The highest BCUT2D eigenvalue weighted by atomic mass is 16.2. The Balaban J connectivity index is 2.68. The number of hydrogen-bond acceptors (Lipinski definition) is 2. The summed E-state index contributed by atoms with van der Waals surface area (Å²) in [6, 6.07) is 0.131. The third-order valence-electron chi connectivity index (χ3n) is 4.23. The van der Waals surface area contributed by atoms with Crippen molar-refractivity contribution in [2.24, 2.45) is 11.7 Å². The van der Waals surface area contributed by atoms with E-state index in [9.17, 15) is 4.79 Å². The van der Waals surface area contributed by atoms with E-state index in [4.69, 9.17) is 5.73 Å². The fraction of sp³-hybridized carbons (Fsp3) is 0.923. The molecule has 4 heteroatoms. The van der Waals surface area contributed by atoms with E-state index in [-0.39, 0.29) is 11.6 Å². The van der Waals surface area contributed by atoms with Crippen molar-refractivity contribution in [3.8, 4) is 0 Å². The molecule has 0 aromatic rings. The third kappa shape index (κ3) is 3.12. The van der Waals surface area contributed by atoms with Gasteiger partial charge in [0.1, 0.15) is 0 Å². The van der Waals surface area contributed by atoms with Crippen LogP contribution in [0.3, 0.4) is 0 Å². The number of rotatable bonds is 3. The normalized spacial score (nSPS) is 24.3. The van der Waals surface area contributed by atoms with Crippen LogP contribution < -0.4 is 5.73 Å². The molecule has 0 radical (unpaired) electrons. The molecular weight excluding hydrogens is 214 g/mol. The third-order valence-corrected chi connectivity index (χ3v) is 4.23. The fourth-order valence-corrected chi connectivity index (χ4v) is 2.32. The average Bonchev–Trinajstić information content (AvgIpc) is 2.36. The van der Waals surface area contributed by atoms with Gasteiger partial charge in [-0.1, -0.05) is 13.8 Å². The maximum Gasteiger partial charge on any atom is 0.320 e. The predicted molar refractivity (Wildman–Crippen MR) is 70.9 cm³/mol. The number of likely N-dealkylation sites (N-methyl/N-ethyl adjacent to an activating group) is 1. The van der Waals surface area contributed by atoms with Gasteiger partial charge in [-0.25, -0.2) is 4.79 Å². The number of nitrogens with two attached hydrogens (primary N) is 1. The van der Waals surface area contributed by atoms with Gasteiger partial charge in [0.15, 0.2) is 0 Å². The topological polar surface area (TPSA) is 49.6 Å². The van der Waals surface area contributed by atoms with Gasteiger partial charge in [-0.15, -0.1) is 0 Å². The Bertz CT molecular complexity index is 263. The smallest absolute Gasteiger partial charge is 0.320 e. The molecule has 0 aromatic carbocycles. The zero-order valence-electron chi connectivity index (χ0n) is 11.7. The van der Waals surface area contributed by atoms with Crippen molar-refractivity contribution < 1.29 is 4.79 Å². The lowest BCUT2D eigenvalue weighted by Crippen LogP contribution is -2.57. The highest BCUT2D eigenvalue weighted by molar-refractivity contribution is 5.75. The Labute approximate surface area is 105 Å². The SMILES string of the molecule is CCC(C)(CN)N(C)C(=O)N1CCCC(C)C1. The second kappa shape index (κ2) is 5.71. The van der Waals surface area contributed by atoms with Crippen molar-refractivity contribution in [3.05, 3.63) is 0 Å². The molecule has 0 bridgehead atoms. The number of piperidine rings is 1. The molecule has 2 N–H and O–H groups in total. The molecule has 4 nitrogen and oxygen atoms in total. The summed E-state index contributed by atoms with van der Waals surface area (Å²) in [6.07, 6.45) is 3.23. The minimum absolute atomic E-state index is 0.131. The lowest BCUT2D eigenvalue weighted by atomic mass is 9.96. The summed E-state index contributed by atoms with van der Waals surface area (Å²) in [5, 5.41) is 0. The van der Waals surface area contributed by atoms with Crippen LogP contribution in [-0.4, -0.2) is 48.1 Å². The van der Waals surface area contributed by atoms with Crippen LogP contribution in [0.1, 0.15) is 40.0 Å². The van der Waals surface area contributed by atoms with Gasteiger partial charge in [0, 0.05) is 26.7 Å². The van der Waals surface area contributed by atoms with Gasteiger partial charge in [-0.2, -0.15) is 0 Å². The molecule has 1 aliphatic heterocycles. The van der Waals surface area contributed by atoms with Gasteiger partial charge in [0.05, 0.1) is 5.54 Å². The zero-order chi connectivity index (χ0) is 13.1. The van der Waals surface area contributed by atoms with Gasteiger partial charge in [-0.05, 0) is 32.1 Å². The molecule has 1 fully saturated rings. The van der Waals surface area contributed by atoms with Gasteiger partial charge in [0.2, 0.25) is 0 Å². The molecule has 2 amide bonds. The summed E-state index contributed by atoms with van der Waals surface area (Å²) >= 11 is 0. The maximum absolute atomic E-state index is 12.4. The molecule has 0 aromatic heterocycles. The van der Waals surface area contributed by atoms with Crippen molar-refractivity contribution in [2.75, 3.05) is 26.7 Å². The van der Waals surface area contributed by atoms with Crippen LogP contribution in [0.2, 0.25) is 0 Å². The molecule has 0 aliphatic carbocycles. The van der Waals surface area contributed by atoms with Crippen LogP contribution in [-0.2, 0) is 0 Å². The van der Waals surface area contributed by atoms with Crippen LogP contribution in [0, 0.1) is 5.92 Å². The summed E-state index contributed by atoms with van der Waals surface area (Å²) in [6.45, 7) is 8.62. The van der Waals surface area contributed by atoms with E-state index in [1.807, 2.05) is 16.8 Å². The first-order valence-electron chi connectivity index (χ1n) is 6.67. The van der Waals surface area contributed by atoms with Crippen molar-refractivity contribution in [3.63, 3.8) is 0 Å². The molecule has 1 saturated heterocycles. The van der Waals surface area contributed by atoms with Crippen molar-refractivity contribution in [2.45, 2.75) is 45.6 Å². The number of carbonyl (C=O) groups is 1. The molecule has 17 heavy (non-hydrogen) atoms. The molecule has 2 atom stereocenters. The second-order valence-electron chi connectivity index (χ2n) is 5.59. The Morgan fingerprint density at radius 3 is 2.71 bits per heavy atom. The summed E-state index contributed by atoms with van der Waals surface area (Å²) in [4.78, 5) is 16.2. The Morgan fingerprint density at radius 1 is 1.59 bits per heavy atom. The number of likely N-dealkylation sites (tertiary alicyclic amines) is 1. The molecule has 1 aliphatic rings. The van der Waals surface area contributed by atoms with Crippen LogP contribution in [0.25, 0.3) is 0 Å². The first-order valence-corrected chi connectivity index (χ1v) is 6.67. The van der Waals surface area contributed by atoms with Gasteiger partial charge >= 0.3 is 6.03 Å². The molecule has 0 spiro atoms. The Morgan fingerprint density at radius 2 is 2.24 bits per heavy atom. The van der Waals surface area contributed by atoms with Gasteiger partial charge in [0.25, 0.3) is 0 Å². The monoisotopic (exact) mass is 241 g/mol. The standard InChI is InChI=1S/C13H27N3O/c1-5-13(3,10-14)15(4)12(17)16-8-6-7-11(2)9-16/h11H,5-10,14H2,1-4H3. The molecule has 2 unspecified atom stereocenters. The molecule has 100 valence electrons. The van der Waals surface area contributed by atoms with Crippen LogP contribution in [0.5, 0.6) is 0 Å². The first kappa shape index (κ1) is 14.3. The van der Waals surface area contributed by atoms with E-state index >= 15 is 0 Å².